The van der Waals surface area contributed by atoms with E-state index in [0.717, 1.165) is 12.0 Å². The van der Waals surface area contributed by atoms with Crippen molar-refractivity contribution in [3.8, 4) is 0 Å². The molecule has 1 fully saturated rings. The van der Waals surface area contributed by atoms with Crippen LogP contribution in [0.15, 0.2) is 30.3 Å². The highest BCUT2D eigenvalue weighted by atomic mass is 14.9. The van der Waals surface area contributed by atoms with E-state index in [0.29, 0.717) is 6.04 Å². The van der Waals surface area contributed by atoms with Gasteiger partial charge in [0.15, 0.2) is 0 Å². The van der Waals surface area contributed by atoms with Gasteiger partial charge in [-0.25, -0.2) is 0 Å². The van der Waals surface area contributed by atoms with Gasteiger partial charge in [0.2, 0.25) is 0 Å². The summed E-state index contributed by atoms with van der Waals surface area (Å²) >= 11 is 0. The molecule has 0 radical (unpaired) electrons. The molecule has 1 unspecified atom stereocenters. The summed E-state index contributed by atoms with van der Waals surface area (Å²) in [5, 5.41) is 6.90. The first-order valence-electron chi connectivity index (χ1n) is 6.74. The standard InChI is InChI=1S/C15H24N2/c1-16-14-10-8-13(9-11-14)15(17-2)12-6-4-3-5-7-12/h3-7,13-17H,8-11H2,1-2H3. The van der Waals surface area contributed by atoms with E-state index in [1.807, 2.05) is 0 Å². The third kappa shape index (κ3) is 3.08. The maximum Gasteiger partial charge on any atom is 0.0346 e. The lowest BCUT2D eigenvalue weighted by Crippen LogP contribution is -2.34. The first kappa shape index (κ1) is 12.6. The fourth-order valence-electron chi connectivity index (χ4n) is 3.08. The number of hydrogen-bond acceptors (Lipinski definition) is 2. The molecule has 1 atom stereocenters. The molecule has 0 spiro atoms. The van der Waals surface area contributed by atoms with Gasteiger partial charge in [-0.15, -0.1) is 0 Å². The summed E-state index contributed by atoms with van der Waals surface area (Å²) in [6.07, 6.45) is 5.27. The van der Waals surface area contributed by atoms with Crippen LogP contribution >= 0.6 is 0 Å². The molecule has 1 aliphatic carbocycles. The van der Waals surface area contributed by atoms with Crippen LogP contribution in [0.4, 0.5) is 0 Å². The monoisotopic (exact) mass is 232 g/mol. The lowest BCUT2D eigenvalue weighted by molar-refractivity contribution is 0.248. The Hall–Kier alpha value is -0.860. The molecule has 1 aliphatic rings. The van der Waals surface area contributed by atoms with Crippen LogP contribution in [0.1, 0.15) is 37.3 Å². The van der Waals surface area contributed by atoms with Crippen LogP contribution in [0.25, 0.3) is 0 Å². The average Bonchev–Trinajstić information content (AvgIpc) is 2.42. The Kier molecular flexibility index (Phi) is 4.57. The molecule has 0 heterocycles. The highest BCUT2D eigenvalue weighted by molar-refractivity contribution is 5.19. The van der Waals surface area contributed by atoms with Gasteiger partial charge in [0.25, 0.3) is 0 Å². The molecule has 1 aromatic carbocycles. The Morgan fingerprint density at radius 2 is 1.65 bits per heavy atom. The molecule has 1 saturated carbocycles. The molecular formula is C15H24N2. The van der Waals surface area contributed by atoms with E-state index >= 15 is 0 Å². The molecule has 2 N–H and O–H groups in total. The van der Waals surface area contributed by atoms with Gasteiger partial charge in [-0.3, -0.25) is 0 Å². The molecule has 0 amide bonds. The molecule has 2 rings (SSSR count). The van der Waals surface area contributed by atoms with Crippen LogP contribution in [0.3, 0.4) is 0 Å². The highest BCUT2D eigenvalue weighted by Crippen LogP contribution is 2.34. The van der Waals surface area contributed by atoms with Gasteiger partial charge in [-0.2, -0.15) is 0 Å². The smallest absolute Gasteiger partial charge is 0.0346 e. The average molecular weight is 232 g/mol. The number of benzene rings is 1. The maximum atomic E-state index is 3.50. The predicted octanol–water partition coefficient (Wildman–Crippen LogP) is 2.73. The predicted molar refractivity (Wildman–Crippen MR) is 73.0 cm³/mol. The minimum absolute atomic E-state index is 0.522. The molecule has 0 saturated heterocycles. The van der Waals surface area contributed by atoms with E-state index in [4.69, 9.17) is 0 Å². The van der Waals surface area contributed by atoms with E-state index < -0.39 is 0 Å². The van der Waals surface area contributed by atoms with E-state index in [1.165, 1.54) is 31.2 Å². The van der Waals surface area contributed by atoms with Crippen molar-refractivity contribution in [3.63, 3.8) is 0 Å². The van der Waals surface area contributed by atoms with E-state index in [9.17, 15) is 0 Å². The summed E-state index contributed by atoms with van der Waals surface area (Å²) < 4.78 is 0. The van der Waals surface area contributed by atoms with E-state index in [2.05, 4.69) is 55.1 Å². The van der Waals surface area contributed by atoms with Crippen molar-refractivity contribution in [3.05, 3.63) is 35.9 Å². The van der Waals surface area contributed by atoms with Gasteiger partial charge in [0.1, 0.15) is 0 Å². The fraction of sp³-hybridized carbons (Fsp3) is 0.600. The summed E-state index contributed by atoms with van der Waals surface area (Å²) in [4.78, 5) is 0. The summed E-state index contributed by atoms with van der Waals surface area (Å²) in [6, 6.07) is 12.1. The largest absolute Gasteiger partial charge is 0.317 e. The van der Waals surface area contributed by atoms with E-state index in [-0.39, 0.29) is 0 Å². The topological polar surface area (TPSA) is 24.1 Å². The van der Waals surface area contributed by atoms with Crippen molar-refractivity contribution < 1.29 is 0 Å². The summed E-state index contributed by atoms with van der Waals surface area (Å²) in [5.74, 6) is 0.784. The zero-order valence-electron chi connectivity index (χ0n) is 10.9. The quantitative estimate of drug-likeness (QED) is 0.834. The van der Waals surface area contributed by atoms with Gasteiger partial charge >= 0.3 is 0 Å². The Bertz CT molecular complexity index is 315. The molecule has 17 heavy (non-hydrogen) atoms. The SMILES string of the molecule is CNC1CCC(C(NC)c2ccccc2)CC1. The maximum absolute atomic E-state index is 3.50. The zero-order chi connectivity index (χ0) is 12.1. The van der Waals surface area contributed by atoms with Gasteiger partial charge in [0, 0.05) is 12.1 Å². The van der Waals surface area contributed by atoms with Crippen molar-refractivity contribution in [1.29, 1.82) is 0 Å². The second-order valence-electron chi connectivity index (χ2n) is 5.08. The lowest BCUT2D eigenvalue weighted by Gasteiger charge is -2.34. The molecule has 0 aliphatic heterocycles. The van der Waals surface area contributed by atoms with Crippen molar-refractivity contribution in [2.75, 3.05) is 14.1 Å². The van der Waals surface area contributed by atoms with Gasteiger partial charge < -0.3 is 10.6 Å². The lowest BCUT2D eigenvalue weighted by atomic mass is 9.79. The number of hydrogen-bond donors (Lipinski definition) is 2. The van der Waals surface area contributed by atoms with Crippen LogP contribution in [0.2, 0.25) is 0 Å². The van der Waals surface area contributed by atoms with Gasteiger partial charge in [-0.1, -0.05) is 30.3 Å². The number of rotatable bonds is 4. The molecule has 0 aromatic heterocycles. The summed E-state index contributed by atoms with van der Waals surface area (Å²) in [6.45, 7) is 0. The Morgan fingerprint density at radius 3 is 2.18 bits per heavy atom. The Labute approximate surface area is 105 Å². The zero-order valence-corrected chi connectivity index (χ0v) is 10.9. The first-order valence-corrected chi connectivity index (χ1v) is 6.74. The Morgan fingerprint density at radius 1 is 1.00 bits per heavy atom. The van der Waals surface area contributed by atoms with Crippen LogP contribution in [0.5, 0.6) is 0 Å². The highest BCUT2D eigenvalue weighted by Gasteiger charge is 2.26. The fourth-order valence-corrected chi connectivity index (χ4v) is 3.08. The summed E-state index contributed by atoms with van der Waals surface area (Å²) in [5.41, 5.74) is 1.43. The second kappa shape index (κ2) is 6.18. The summed E-state index contributed by atoms with van der Waals surface area (Å²) in [7, 11) is 4.17. The first-order chi connectivity index (χ1) is 8.35. The minimum Gasteiger partial charge on any atom is -0.317 e. The molecular weight excluding hydrogens is 208 g/mol. The Balaban J connectivity index is 2.00. The van der Waals surface area contributed by atoms with Crippen LogP contribution in [-0.4, -0.2) is 20.1 Å². The molecule has 2 heteroatoms. The number of nitrogens with one attached hydrogen (secondary N) is 2. The van der Waals surface area contributed by atoms with E-state index in [1.54, 1.807) is 0 Å². The van der Waals surface area contributed by atoms with Crippen molar-refractivity contribution in [1.82, 2.24) is 10.6 Å². The minimum atomic E-state index is 0.522. The van der Waals surface area contributed by atoms with Crippen LogP contribution in [-0.2, 0) is 0 Å². The van der Waals surface area contributed by atoms with Crippen molar-refractivity contribution in [2.24, 2.45) is 5.92 Å². The van der Waals surface area contributed by atoms with Crippen molar-refractivity contribution in [2.45, 2.75) is 37.8 Å². The molecule has 1 aromatic rings. The normalized spacial score (nSPS) is 26.7. The van der Waals surface area contributed by atoms with Crippen molar-refractivity contribution >= 4 is 0 Å². The van der Waals surface area contributed by atoms with Crippen LogP contribution in [0, 0.1) is 5.92 Å². The van der Waals surface area contributed by atoms with Crippen LogP contribution < -0.4 is 10.6 Å². The van der Waals surface area contributed by atoms with Gasteiger partial charge in [0.05, 0.1) is 0 Å². The third-order valence-corrected chi connectivity index (χ3v) is 4.12. The second-order valence-corrected chi connectivity index (χ2v) is 5.08. The third-order valence-electron chi connectivity index (χ3n) is 4.12. The van der Waals surface area contributed by atoms with Gasteiger partial charge in [-0.05, 0) is 51.3 Å². The molecule has 0 bridgehead atoms. The molecule has 2 nitrogen and oxygen atoms in total. The molecule has 94 valence electrons.